The van der Waals surface area contributed by atoms with E-state index in [1.54, 1.807) is 24.5 Å². The number of carbonyl (C=O) groups excluding carboxylic acids is 1. The van der Waals surface area contributed by atoms with Gasteiger partial charge in [-0.2, -0.15) is 0 Å². The van der Waals surface area contributed by atoms with Crippen molar-refractivity contribution in [2.75, 3.05) is 26.2 Å². The van der Waals surface area contributed by atoms with Crippen molar-refractivity contribution in [3.8, 4) is 5.75 Å². The van der Waals surface area contributed by atoms with Gasteiger partial charge >= 0.3 is 0 Å². The zero-order valence-corrected chi connectivity index (χ0v) is 14.6. The molecule has 132 valence electrons. The number of pyridine rings is 1. The molecule has 1 N–H and O–H groups in total. The first kappa shape index (κ1) is 17.4. The SMILES string of the molecule is CCOc1ccc(C(CNC(=O)c2cccnc2)N2CCCC2)cc1. The molecule has 1 aromatic carbocycles. The minimum absolute atomic E-state index is 0.0803. The Morgan fingerprint density at radius 3 is 2.64 bits per heavy atom. The Morgan fingerprint density at radius 2 is 2.00 bits per heavy atom. The molecule has 0 spiro atoms. The molecule has 0 saturated carbocycles. The lowest BCUT2D eigenvalue weighted by atomic mass is 10.0. The molecule has 3 rings (SSSR count). The number of nitrogens with zero attached hydrogens (tertiary/aromatic N) is 2. The second-order valence-corrected chi connectivity index (χ2v) is 6.21. The third-order valence-corrected chi connectivity index (χ3v) is 4.54. The molecular weight excluding hydrogens is 314 g/mol. The summed E-state index contributed by atoms with van der Waals surface area (Å²) < 4.78 is 5.53. The van der Waals surface area contributed by atoms with Crippen LogP contribution >= 0.6 is 0 Å². The van der Waals surface area contributed by atoms with Crippen molar-refractivity contribution in [3.05, 3.63) is 59.9 Å². The molecule has 1 aliphatic heterocycles. The van der Waals surface area contributed by atoms with Crippen molar-refractivity contribution < 1.29 is 9.53 Å². The predicted octanol–water partition coefficient (Wildman–Crippen LogP) is 3.05. The monoisotopic (exact) mass is 339 g/mol. The summed E-state index contributed by atoms with van der Waals surface area (Å²) in [7, 11) is 0. The number of amides is 1. The van der Waals surface area contributed by atoms with E-state index in [1.807, 2.05) is 19.1 Å². The number of likely N-dealkylation sites (tertiary alicyclic amines) is 1. The van der Waals surface area contributed by atoms with E-state index in [9.17, 15) is 4.79 Å². The van der Waals surface area contributed by atoms with Crippen LogP contribution in [0.15, 0.2) is 48.8 Å². The van der Waals surface area contributed by atoms with Crippen molar-refractivity contribution in [1.29, 1.82) is 0 Å². The maximum absolute atomic E-state index is 12.3. The predicted molar refractivity (Wildman–Crippen MR) is 97.7 cm³/mol. The van der Waals surface area contributed by atoms with Crippen LogP contribution in [0.2, 0.25) is 0 Å². The summed E-state index contributed by atoms with van der Waals surface area (Å²) in [6.45, 7) is 5.37. The van der Waals surface area contributed by atoms with Crippen molar-refractivity contribution in [2.45, 2.75) is 25.8 Å². The lowest BCUT2D eigenvalue weighted by Gasteiger charge is -2.28. The molecule has 25 heavy (non-hydrogen) atoms. The van der Waals surface area contributed by atoms with Crippen LogP contribution in [-0.4, -0.2) is 42.0 Å². The van der Waals surface area contributed by atoms with E-state index in [0.29, 0.717) is 18.7 Å². The summed E-state index contributed by atoms with van der Waals surface area (Å²) >= 11 is 0. The maximum Gasteiger partial charge on any atom is 0.252 e. The molecular formula is C20H25N3O2. The van der Waals surface area contributed by atoms with Gasteiger partial charge in [0.15, 0.2) is 0 Å². The number of carbonyl (C=O) groups is 1. The topological polar surface area (TPSA) is 54.5 Å². The quantitative estimate of drug-likeness (QED) is 0.842. The fourth-order valence-electron chi connectivity index (χ4n) is 3.25. The summed E-state index contributed by atoms with van der Waals surface area (Å²) in [6.07, 6.45) is 5.69. The van der Waals surface area contributed by atoms with E-state index in [4.69, 9.17) is 4.74 Å². The van der Waals surface area contributed by atoms with E-state index in [-0.39, 0.29) is 11.9 Å². The molecule has 5 heteroatoms. The lowest BCUT2D eigenvalue weighted by Crippen LogP contribution is -2.36. The lowest BCUT2D eigenvalue weighted by molar-refractivity contribution is 0.0937. The number of aromatic nitrogens is 1. The first-order chi connectivity index (χ1) is 12.3. The van der Waals surface area contributed by atoms with Gasteiger partial charge in [0.1, 0.15) is 5.75 Å². The van der Waals surface area contributed by atoms with Crippen LogP contribution in [0.4, 0.5) is 0 Å². The van der Waals surface area contributed by atoms with Crippen LogP contribution in [0, 0.1) is 0 Å². The van der Waals surface area contributed by atoms with Gasteiger partial charge in [-0.05, 0) is 62.7 Å². The van der Waals surface area contributed by atoms with Gasteiger partial charge in [-0.15, -0.1) is 0 Å². The minimum Gasteiger partial charge on any atom is -0.494 e. The second kappa shape index (κ2) is 8.62. The van der Waals surface area contributed by atoms with Gasteiger partial charge < -0.3 is 10.1 Å². The second-order valence-electron chi connectivity index (χ2n) is 6.21. The number of benzene rings is 1. The molecule has 1 saturated heterocycles. The fraction of sp³-hybridized carbons (Fsp3) is 0.400. The number of rotatable bonds is 7. The third kappa shape index (κ3) is 4.57. The molecule has 0 bridgehead atoms. The summed E-state index contributed by atoms with van der Waals surface area (Å²) in [5, 5.41) is 3.06. The third-order valence-electron chi connectivity index (χ3n) is 4.54. The molecule has 1 aromatic heterocycles. The van der Waals surface area contributed by atoms with Crippen molar-refractivity contribution in [3.63, 3.8) is 0 Å². The van der Waals surface area contributed by atoms with E-state index >= 15 is 0 Å². The Morgan fingerprint density at radius 1 is 1.24 bits per heavy atom. The Labute approximate surface area is 149 Å². The molecule has 1 atom stereocenters. The molecule has 1 amide bonds. The molecule has 2 aromatic rings. The normalized spacial score (nSPS) is 15.7. The van der Waals surface area contributed by atoms with E-state index < -0.39 is 0 Å². The van der Waals surface area contributed by atoms with Gasteiger partial charge in [0, 0.05) is 18.9 Å². The highest BCUT2D eigenvalue weighted by Crippen LogP contribution is 2.26. The maximum atomic E-state index is 12.3. The fourth-order valence-corrected chi connectivity index (χ4v) is 3.25. The summed E-state index contributed by atoms with van der Waals surface area (Å²) in [5.41, 5.74) is 1.80. The van der Waals surface area contributed by atoms with E-state index in [0.717, 1.165) is 18.8 Å². The zero-order chi connectivity index (χ0) is 17.5. The number of hydrogen-bond donors (Lipinski definition) is 1. The Hall–Kier alpha value is -2.40. The number of nitrogens with one attached hydrogen (secondary N) is 1. The highest BCUT2D eigenvalue weighted by atomic mass is 16.5. The minimum atomic E-state index is -0.0803. The average molecular weight is 339 g/mol. The molecule has 1 aliphatic rings. The van der Waals surface area contributed by atoms with Crippen LogP contribution in [0.1, 0.15) is 41.7 Å². The summed E-state index contributed by atoms with van der Waals surface area (Å²) in [4.78, 5) is 18.8. The Bertz CT molecular complexity index is 667. The van der Waals surface area contributed by atoms with E-state index in [2.05, 4.69) is 27.3 Å². The van der Waals surface area contributed by atoms with Crippen molar-refractivity contribution in [2.24, 2.45) is 0 Å². The van der Waals surface area contributed by atoms with Crippen LogP contribution < -0.4 is 10.1 Å². The summed E-state index contributed by atoms with van der Waals surface area (Å²) in [6, 6.07) is 12.0. The van der Waals surface area contributed by atoms with Crippen molar-refractivity contribution >= 4 is 5.91 Å². The molecule has 1 unspecified atom stereocenters. The van der Waals surface area contributed by atoms with Crippen LogP contribution in [0.3, 0.4) is 0 Å². The molecule has 0 aliphatic carbocycles. The van der Waals surface area contributed by atoms with Gasteiger partial charge in [0.25, 0.3) is 5.91 Å². The van der Waals surface area contributed by atoms with Crippen LogP contribution in [0.25, 0.3) is 0 Å². The Kier molecular flexibility index (Phi) is 6.01. The van der Waals surface area contributed by atoms with Gasteiger partial charge in [-0.3, -0.25) is 14.7 Å². The van der Waals surface area contributed by atoms with Gasteiger partial charge in [-0.1, -0.05) is 12.1 Å². The number of hydrogen-bond acceptors (Lipinski definition) is 4. The Balaban J connectivity index is 1.70. The van der Waals surface area contributed by atoms with Gasteiger partial charge in [-0.25, -0.2) is 0 Å². The summed E-state index contributed by atoms with van der Waals surface area (Å²) in [5.74, 6) is 0.800. The first-order valence-corrected chi connectivity index (χ1v) is 8.93. The highest BCUT2D eigenvalue weighted by Gasteiger charge is 2.24. The van der Waals surface area contributed by atoms with Crippen LogP contribution in [0.5, 0.6) is 5.75 Å². The molecule has 0 radical (unpaired) electrons. The number of ether oxygens (including phenoxy) is 1. The smallest absolute Gasteiger partial charge is 0.252 e. The average Bonchev–Trinajstić information content (AvgIpc) is 3.18. The first-order valence-electron chi connectivity index (χ1n) is 8.93. The van der Waals surface area contributed by atoms with Crippen molar-refractivity contribution in [1.82, 2.24) is 15.2 Å². The highest BCUT2D eigenvalue weighted by molar-refractivity contribution is 5.93. The zero-order valence-electron chi connectivity index (χ0n) is 14.6. The molecule has 2 heterocycles. The largest absolute Gasteiger partial charge is 0.494 e. The van der Waals surface area contributed by atoms with Crippen LogP contribution in [-0.2, 0) is 0 Å². The molecule has 5 nitrogen and oxygen atoms in total. The van der Waals surface area contributed by atoms with Gasteiger partial charge in [0.05, 0.1) is 18.2 Å². The van der Waals surface area contributed by atoms with Gasteiger partial charge in [0.2, 0.25) is 0 Å². The molecule has 1 fully saturated rings. The standard InChI is InChI=1S/C20H25N3O2/c1-2-25-18-9-7-16(8-10-18)19(23-12-3-4-13-23)15-22-20(24)17-6-5-11-21-14-17/h5-11,14,19H,2-4,12-13,15H2,1H3,(H,22,24). The van der Waals surface area contributed by atoms with E-state index in [1.165, 1.54) is 18.4 Å².